The molecule has 0 fully saturated rings. The molecule has 0 aliphatic carbocycles. The normalized spacial score (nSPS) is 12.5. The van der Waals surface area contributed by atoms with Crippen LogP contribution in [0.5, 0.6) is 0 Å². The lowest BCUT2D eigenvalue weighted by molar-refractivity contribution is 0.759. The topological polar surface area (TPSA) is 50.9 Å². The van der Waals surface area contributed by atoms with E-state index in [1.165, 1.54) is 0 Å². The largest absolute Gasteiger partial charge is 0.397 e. The van der Waals surface area contributed by atoms with E-state index in [2.05, 4.69) is 24.1 Å². The van der Waals surface area contributed by atoms with Crippen molar-refractivity contribution in [3.05, 3.63) is 17.3 Å². The first-order chi connectivity index (χ1) is 6.13. The molecule has 0 spiro atoms. The van der Waals surface area contributed by atoms with Crippen molar-refractivity contribution in [2.75, 3.05) is 11.1 Å². The first-order valence-corrected chi connectivity index (χ1v) is 4.68. The average Bonchev–Trinajstić information content (AvgIpc) is 2.09. The highest BCUT2D eigenvalue weighted by molar-refractivity contribution is 6.33. The zero-order chi connectivity index (χ0) is 9.84. The highest BCUT2D eigenvalue weighted by Crippen LogP contribution is 2.21. The average molecular weight is 200 g/mol. The van der Waals surface area contributed by atoms with Gasteiger partial charge in [0.05, 0.1) is 16.9 Å². The minimum atomic E-state index is 0.369. The molecule has 0 amide bonds. The molecule has 0 aliphatic rings. The van der Waals surface area contributed by atoms with Crippen LogP contribution in [0.3, 0.4) is 0 Å². The van der Waals surface area contributed by atoms with Crippen molar-refractivity contribution in [3.63, 3.8) is 0 Å². The van der Waals surface area contributed by atoms with Crippen molar-refractivity contribution in [1.29, 1.82) is 0 Å². The van der Waals surface area contributed by atoms with Gasteiger partial charge in [0.2, 0.25) is 0 Å². The molecule has 1 aromatic rings. The van der Waals surface area contributed by atoms with E-state index in [9.17, 15) is 0 Å². The third-order valence-electron chi connectivity index (χ3n) is 1.86. The van der Waals surface area contributed by atoms with E-state index in [-0.39, 0.29) is 0 Å². The number of nitrogens with zero attached hydrogens (tertiary/aromatic N) is 1. The minimum Gasteiger partial charge on any atom is -0.397 e. The molecule has 0 radical (unpaired) electrons. The lowest BCUT2D eigenvalue weighted by atomic mass is 10.2. The van der Waals surface area contributed by atoms with Gasteiger partial charge in [0.15, 0.2) is 0 Å². The van der Waals surface area contributed by atoms with Crippen LogP contribution in [0.4, 0.5) is 11.5 Å². The van der Waals surface area contributed by atoms with Crippen molar-refractivity contribution in [2.24, 2.45) is 0 Å². The number of nitrogens with two attached hydrogens (primary N) is 1. The number of nitrogen functional groups attached to an aromatic ring is 1. The SMILES string of the molecule is CCC(C)Nc1ncc(N)cc1Cl. The Morgan fingerprint density at radius 1 is 1.69 bits per heavy atom. The Balaban J connectivity index is 2.77. The molecule has 0 saturated heterocycles. The van der Waals surface area contributed by atoms with E-state index in [4.69, 9.17) is 17.3 Å². The van der Waals surface area contributed by atoms with Crippen LogP contribution in [-0.4, -0.2) is 11.0 Å². The third-order valence-corrected chi connectivity index (χ3v) is 2.15. The van der Waals surface area contributed by atoms with Gasteiger partial charge in [0.25, 0.3) is 0 Å². The van der Waals surface area contributed by atoms with E-state index in [0.717, 1.165) is 6.42 Å². The first-order valence-electron chi connectivity index (χ1n) is 4.31. The second-order valence-corrected chi connectivity index (χ2v) is 3.46. The summed E-state index contributed by atoms with van der Waals surface area (Å²) in [5.74, 6) is 0.699. The summed E-state index contributed by atoms with van der Waals surface area (Å²) in [6, 6.07) is 2.06. The molecule has 4 heteroatoms. The zero-order valence-electron chi connectivity index (χ0n) is 7.84. The van der Waals surface area contributed by atoms with Gasteiger partial charge >= 0.3 is 0 Å². The Hall–Kier alpha value is -0.960. The number of aromatic nitrogens is 1. The molecule has 0 bridgehead atoms. The van der Waals surface area contributed by atoms with Gasteiger partial charge in [0, 0.05) is 6.04 Å². The number of hydrogen-bond donors (Lipinski definition) is 2. The minimum absolute atomic E-state index is 0.369. The van der Waals surface area contributed by atoms with Crippen molar-refractivity contribution < 1.29 is 0 Å². The molecule has 13 heavy (non-hydrogen) atoms. The van der Waals surface area contributed by atoms with Crippen molar-refractivity contribution in [1.82, 2.24) is 4.98 Å². The Labute approximate surface area is 83.3 Å². The van der Waals surface area contributed by atoms with Crippen molar-refractivity contribution in [2.45, 2.75) is 26.3 Å². The summed E-state index contributed by atoms with van der Waals surface area (Å²) in [5, 5.41) is 3.76. The Kier molecular flexibility index (Phi) is 3.37. The smallest absolute Gasteiger partial charge is 0.145 e. The molecular formula is C9H14ClN3. The van der Waals surface area contributed by atoms with Gasteiger partial charge in [0.1, 0.15) is 5.82 Å². The number of hydrogen-bond acceptors (Lipinski definition) is 3. The molecule has 1 atom stereocenters. The third kappa shape index (κ3) is 2.77. The van der Waals surface area contributed by atoms with Crippen LogP contribution in [0.2, 0.25) is 5.02 Å². The molecule has 0 saturated carbocycles. The zero-order valence-corrected chi connectivity index (χ0v) is 8.60. The molecule has 1 heterocycles. The summed E-state index contributed by atoms with van der Waals surface area (Å²) in [4.78, 5) is 4.10. The molecule has 3 N–H and O–H groups in total. The molecule has 72 valence electrons. The van der Waals surface area contributed by atoms with E-state index < -0.39 is 0 Å². The Bertz CT molecular complexity index is 288. The first kappa shape index (κ1) is 10.1. The van der Waals surface area contributed by atoms with Crippen molar-refractivity contribution >= 4 is 23.1 Å². The monoisotopic (exact) mass is 199 g/mol. The highest BCUT2D eigenvalue weighted by atomic mass is 35.5. The maximum Gasteiger partial charge on any atom is 0.145 e. The number of rotatable bonds is 3. The Morgan fingerprint density at radius 2 is 2.38 bits per heavy atom. The van der Waals surface area contributed by atoms with Crippen molar-refractivity contribution in [3.8, 4) is 0 Å². The maximum absolute atomic E-state index is 5.93. The van der Waals surface area contributed by atoms with Crippen LogP contribution in [0, 0.1) is 0 Å². The molecule has 1 unspecified atom stereocenters. The number of pyridine rings is 1. The molecular weight excluding hydrogens is 186 g/mol. The molecule has 1 rings (SSSR count). The summed E-state index contributed by atoms with van der Waals surface area (Å²) in [7, 11) is 0. The quantitative estimate of drug-likeness (QED) is 0.787. The van der Waals surface area contributed by atoms with Gasteiger partial charge < -0.3 is 11.1 Å². The van der Waals surface area contributed by atoms with Gasteiger partial charge in [-0.05, 0) is 19.4 Å². The fourth-order valence-electron chi connectivity index (χ4n) is 0.894. The summed E-state index contributed by atoms with van der Waals surface area (Å²) in [6.07, 6.45) is 2.62. The molecule has 3 nitrogen and oxygen atoms in total. The molecule has 0 aliphatic heterocycles. The maximum atomic E-state index is 5.93. The highest BCUT2D eigenvalue weighted by Gasteiger charge is 2.04. The van der Waals surface area contributed by atoms with E-state index in [1.54, 1.807) is 12.3 Å². The van der Waals surface area contributed by atoms with Crippen LogP contribution in [0.25, 0.3) is 0 Å². The van der Waals surface area contributed by atoms with Crippen LogP contribution in [0.1, 0.15) is 20.3 Å². The standard InChI is InChI=1S/C9H14ClN3/c1-3-6(2)13-9-8(10)4-7(11)5-12-9/h4-6H,3,11H2,1-2H3,(H,12,13). The summed E-state index contributed by atoms with van der Waals surface area (Å²) in [6.45, 7) is 4.18. The molecule has 0 aromatic carbocycles. The summed E-state index contributed by atoms with van der Waals surface area (Å²) in [5.41, 5.74) is 6.10. The van der Waals surface area contributed by atoms with E-state index in [1.807, 2.05) is 0 Å². The second kappa shape index (κ2) is 4.33. The van der Waals surface area contributed by atoms with Gasteiger partial charge in [-0.15, -0.1) is 0 Å². The summed E-state index contributed by atoms with van der Waals surface area (Å²) >= 11 is 5.93. The van der Waals surface area contributed by atoms with Crippen LogP contribution >= 0.6 is 11.6 Å². The lowest BCUT2D eigenvalue weighted by Crippen LogP contribution is -2.14. The predicted molar refractivity (Wildman–Crippen MR) is 57.0 cm³/mol. The number of anilines is 2. The number of halogens is 1. The van der Waals surface area contributed by atoms with Crippen LogP contribution in [-0.2, 0) is 0 Å². The van der Waals surface area contributed by atoms with Gasteiger partial charge in [-0.2, -0.15) is 0 Å². The lowest BCUT2D eigenvalue weighted by Gasteiger charge is -2.13. The van der Waals surface area contributed by atoms with Crippen LogP contribution in [0.15, 0.2) is 12.3 Å². The van der Waals surface area contributed by atoms with Gasteiger partial charge in [-0.3, -0.25) is 0 Å². The predicted octanol–water partition coefficient (Wildman–Crippen LogP) is 2.53. The second-order valence-electron chi connectivity index (χ2n) is 3.05. The fraction of sp³-hybridized carbons (Fsp3) is 0.444. The van der Waals surface area contributed by atoms with Crippen LogP contribution < -0.4 is 11.1 Å². The molecule has 1 aromatic heterocycles. The summed E-state index contributed by atoms with van der Waals surface area (Å²) < 4.78 is 0. The van der Waals surface area contributed by atoms with Gasteiger partial charge in [-0.1, -0.05) is 18.5 Å². The van der Waals surface area contributed by atoms with E-state index >= 15 is 0 Å². The van der Waals surface area contributed by atoms with E-state index in [0.29, 0.717) is 22.6 Å². The number of nitrogens with one attached hydrogen (secondary N) is 1. The Morgan fingerprint density at radius 3 is 2.92 bits per heavy atom. The van der Waals surface area contributed by atoms with Gasteiger partial charge in [-0.25, -0.2) is 4.98 Å². The fourth-order valence-corrected chi connectivity index (χ4v) is 1.12.